The summed E-state index contributed by atoms with van der Waals surface area (Å²) in [6.45, 7) is 3.22. The molecule has 0 amide bonds. The molecule has 2 aromatic carbocycles. The van der Waals surface area contributed by atoms with Crippen molar-refractivity contribution in [2.24, 2.45) is 0 Å². The van der Waals surface area contributed by atoms with Crippen LogP contribution in [0.4, 0.5) is 0 Å². The molecule has 2 aliphatic rings. The zero-order valence-corrected chi connectivity index (χ0v) is 17.5. The molecular formula is C22H26ClNO5. The number of halogens is 1. The van der Waals surface area contributed by atoms with E-state index >= 15 is 0 Å². The average molecular weight is 420 g/mol. The average Bonchev–Trinajstić information content (AvgIpc) is 3.39. The number of nitrogens with zero attached hydrogens (tertiary/aromatic N) is 1. The summed E-state index contributed by atoms with van der Waals surface area (Å²) in [5.74, 6) is 2.91. The lowest BCUT2D eigenvalue weighted by atomic mass is 10.1. The Hall–Kier alpha value is -2.15. The largest absolute Gasteiger partial charge is 0.493 e. The van der Waals surface area contributed by atoms with Crippen molar-refractivity contribution in [2.75, 3.05) is 34.2 Å². The molecule has 1 atom stereocenters. The van der Waals surface area contributed by atoms with Gasteiger partial charge in [0.05, 0.1) is 20.3 Å². The second kappa shape index (κ2) is 9.11. The number of benzene rings is 2. The summed E-state index contributed by atoms with van der Waals surface area (Å²) in [5.41, 5.74) is 2.05. The van der Waals surface area contributed by atoms with E-state index in [1.165, 1.54) is 0 Å². The van der Waals surface area contributed by atoms with Crippen LogP contribution >= 0.6 is 11.6 Å². The summed E-state index contributed by atoms with van der Waals surface area (Å²) in [7, 11) is 3.32. The van der Waals surface area contributed by atoms with E-state index in [1.54, 1.807) is 14.2 Å². The molecule has 0 N–H and O–H groups in total. The minimum absolute atomic E-state index is 0.222. The fourth-order valence-electron chi connectivity index (χ4n) is 3.90. The van der Waals surface area contributed by atoms with E-state index in [1.807, 2.05) is 24.3 Å². The summed E-state index contributed by atoms with van der Waals surface area (Å²) in [6.07, 6.45) is 2.39. The molecule has 1 fully saturated rings. The summed E-state index contributed by atoms with van der Waals surface area (Å²) in [5, 5.41) is 0.671. The van der Waals surface area contributed by atoms with Gasteiger partial charge >= 0.3 is 0 Å². The quantitative estimate of drug-likeness (QED) is 0.637. The molecule has 1 unspecified atom stereocenters. The van der Waals surface area contributed by atoms with Crippen LogP contribution in [0.2, 0.25) is 5.02 Å². The molecule has 0 aromatic heterocycles. The Morgan fingerprint density at radius 1 is 1.07 bits per heavy atom. The van der Waals surface area contributed by atoms with E-state index in [0.717, 1.165) is 54.4 Å². The maximum absolute atomic E-state index is 6.54. The van der Waals surface area contributed by atoms with Crippen LogP contribution in [0, 0.1) is 0 Å². The summed E-state index contributed by atoms with van der Waals surface area (Å²) in [4.78, 5) is 2.33. The fraction of sp³-hybridized carbons (Fsp3) is 0.455. The molecule has 0 aliphatic carbocycles. The zero-order valence-electron chi connectivity index (χ0n) is 16.8. The Bertz CT molecular complexity index is 853. The lowest BCUT2D eigenvalue weighted by Gasteiger charge is -2.27. The number of hydrogen-bond donors (Lipinski definition) is 0. The molecule has 2 heterocycles. The van der Waals surface area contributed by atoms with Gasteiger partial charge in [-0.3, -0.25) is 4.90 Å². The van der Waals surface area contributed by atoms with E-state index < -0.39 is 0 Å². The first-order valence-corrected chi connectivity index (χ1v) is 10.2. The van der Waals surface area contributed by atoms with Crippen LogP contribution in [0.1, 0.15) is 24.0 Å². The molecule has 4 rings (SSSR count). The Morgan fingerprint density at radius 3 is 2.59 bits per heavy atom. The Balaban J connectivity index is 1.59. The van der Waals surface area contributed by atoms with Gasteiger partial charge in [-0.25, -0.2) is 0 Å². The third-order valence-corrected chi connectivity index (χ3v) is 5.65. The molecular weight excluding hydrogens is 394 g/mol. The maximum atomic E-state index is 6.54. The topological polar surface area (TPSA) is 49.4 Å². The summed E-state index contributed by atoms with van der Waals surface area (Å²) >= 11 is 6.54. The van der Waals surface area contributed by atoms with Gasteiger partial charge in [-0.15, -0.1) is 0 Å². The van der Waals surface area contributed by atoms with Gasteiger partial charge in [0.1, 0.15) is 0 Å². The van der Waals surface area contributed by atoms with Crippen LogP contribution in [0.15, 0.2) is 30.3 Å². The smallest absolute Gasteiger partial charge is 0.231 e. The Morgan fingerprint density at radius 2 is 1.86 bits per heavy atom. The van der Waals surface area contributed by atoms with Crippen molar-refractivity contribution in [1.29, 1.82) is 0 Å². The standard InChI is InChI=1S/C22H26ClNO5/c1-25-19-7-3-5-15(22(19)26-2)11-24(13-17-6-4-8-27-17)12-16-9-20-21(10-18(16)23)29-14-28-20/h3,5,7,9-10,17H,4,6,8,11-14H2,1-2H3. The highest BCUT2D eigenvalue weighted by Gasteiger charge is 2.23. The zero-order chi connectivity index (χ0) is 20.2. The molecule has 0 spiro atoms. The van der Waals surface area contributed by atoms with Crippen LogP contribution < -0.4 is 18.9 Å². The van der Waals surface area contributed by atoms with Gasteiger partial charge in [0.2, 0.25) is 6.79 Å². The number of rotatable bonds is 8. The predicted molar refractivity (Wildman–Crippen MR) is 110 cm³/mol. The van der Waals surface area contributed by atoms with Gasteiger partial charge in [-0.05, 0) is 30.5 Å². The molecule has 0 bridgehead atoms. The first-order valence-electron chi connectivity index (χ1n) is 9.79. The van der Waals surface area contributed by atoms with Crippen molar-refractivity contribution in [2.45, 2.75) is 32.0 Å². The maximum Gasteiger partial charge on any atom is 0.231 e. The minimum Gasteiger partial charge on any atom is -0.493 e. The van der Waals surface area contributed by atoms with Gasteiger partial charge in [0.15, 0.2) is 23.0 Å². The van der Waals surface area contributed by atoms with Crippen LogP contribution in [0.25, 0.3) is 0 Å². The van der Waals surface area contributed by atoms with Crippen molar-refractivity contribution >= 4 is 11.6 Å². The van der Waals surface area contributed by atoms with Crippen molar-refractivity contribution in [3.8, 4) is 23.0 Å². The molecule has 156 valence electrons. The van der Waals surface area contributed by atoms with E-state index in [0.29, 0.717) is 23.9 Å². The summed E-state index contributed by atoms with van der Waals surface area (Å²) in [6, 6.07) is 9.74. The first-order chi connectivity index (χ1) is 14.2. The number of fused-ring (bicyclic) bond motifs is 1. The molecule has 2 aliphatic heterocycles. The number of para-hydroxylation sites is 1. The van der Waals surface area contributed by atoms with Crippen molar-refractivity contribution in [3.63, 3.8) is 0 Å². The highest BCUT2D eigenvalue weighted by Crippen LogP contribution is 2.38. The molecule has 0 radical (unpaired) electrons. The Kier molecular flexibility index (Phi) is 6.33. The third kappa shape index (κ3) is 4.55. The second-order valence-corrected chi connectivity index (χ2v) is 7.66. The van der Waals surface area contributed by atoms with E-state index in [9.17, 15) is 0 Å². The highest BCUT2D eigenvalue weighted by atomic mass is 35.5. The van der Waals surface area contributed by atoms with Crippen LogP contribution in [-0.4, -0.2) is 45.2 Å². The van der Waals surface area contributed by atoms with E-state index in [4.69, 9.17) is 35.3 Å². The normalized spacial score (nSPS) is 17.7. The Labute approximate surface area is 176 Å². The molecule has 1 saturated heterocycles. The second-order valence-electron chi connectivity index (χ2n) is 7.25. The highest BCUT2D eigenvalue weighted by molar-refractivity contribution is 6.31. The van der Waals surface area contributed by atoms with Crippen LogP contribution in [0.3, 0.4) is 0 Å². The molecule has 2 aromatic rings. The third-order valence-electron chi connectivity index (χ3n) is 5.30. The van der Waals surface area contributed by atoms with Gasteiger partial charge in [0, 0.05) is 42.9 Å². The predicted octanol–water partition coefficient (Wildman–Crippen LogP) is 4.27. The lowest BCUT2D eigenvalue weighted by molar-refractivity contribution is 0.0676. The van der Waals surface area contributed by atoms with Crippen LogP contribution in [-0.2, 0) is 17.8 Å². The molecule has 29 heavy (non-hydrogen) atoms. The molecule has 0 saturated carbocycles. The number of hydrogen-bond acceptors (Lipinski definition) is 6. The minimum atomic E-state index is 0.222. The van der Waals surface area contributed by atoms with Crippen molar-refractivity contribution < 1.29 is 23.7 Å². The van der Waals surface area contributed by atoms with Gasteiger partial charge < -0.3 is 23.7 Å². The van der Waals surface area contributed by atoms with Crippen molar-refractivity contribution in [1.82, 2.24) is 4.90 Å². The molecule has 7 heteroatoms. The van der Waals surface area contributed by atoms with Gasteiger partial charge in [0.25, 0.3) is 0 Å². The fourth-order valence-corrected chi connectivity index (χ4v) is 4.12. The van der Waals surface area contributed by atoms with Crippen molar-refractivity contribution in [3.05, 3.63) is 46.5 Å². The van der Waals surface area contributed by atoms with Gasteiger partial charge in [-0.1, -0.05) is 23.7 Å². The molecule has 6 nitrogen and oxygen atoms in total. The number of ether oxygens (including phenoxy) is 5. The number of methoxy groups -OCH3 is 2. The monoisotopic (exact) mass is 419 g/mol. The summed E-state index contributed by atoms with van der Waals surface area (Å²) < 4.78 is 27.9. The SMILES string of the molecule is COc1cccc(CN(Cc2cc3c(cc2Cl)OCO3)CC2CCCO2)c1OC. The van der Waals surface area contributed by atoms with Gasteiger partial charge in [-0.2, -0.15) is 0 Å². The first kappa shape index (κ1) is 20.1. The van der Waals surface area contributed by atoms with E-state index in [-0.39, 0.29) is 12.9 Å². The van der Waals surface area contributed by atoms with E-state index in [2.05, 4.69) is 11.0 Å². The van der Waals surface area contributed by atoms with Crippen LogP contribution in [0.5, 0.6) is 23.0 Å². The lowest BCUT2D eigenvalue weighted by Crippen LogP contribution is -2.31.